The van der Waals surface area contributed by atoms with Gasteiger partial charge in [0.15, 0.2) is 5.65 Å². The Kier molecular flexibility index (Phi) is 3.93. The van der Waals surface area contributed by atoms with E-state index in [0.29, 0.717) is 16.2 Å². The maximum atomic E-state index is 11.6. The summed E-state index contributed by atoms with van der Waals surface area (Å²) >= 11 is 1.96. The normalized spacial score (nSPS) is 18.0. The molecule has 0 aliphatic heterocycles. The summed E-state index contributed by atoms with van der Waals surface area (Å²) in [5.41, 5.74) is 0.367. The van der Waals surface area contributed by atoms with Crippen LogP contribution in [0.5, 0.6) is 0 Å². The minimum absolute atomic E-state index is 0.241. The van der Waals surface area contributed by atoms with Gasteiger partial charge in [0.25, 0.3) is 0 Å². The third kappa shape index (κ3) is 2.79. The van der Waals surface area contributed by atoms with Gasteiger partial charge in [0.1, 0.15) is 11.6 Å². The van der Waals surface area contributed by atoms with E-state index in [1.165, 1.54) is 36.5 Å². The summed E-state index contributed by atoms with van der Waals surface area (Å²) in [6.45, 7) is 2.73. The second-order valence-electron chi connectivity index (χ2n) is 5.71. The van der Waals surface area contributed by atoms with Gasteiger partial charge >= 0.3 is 5.69 Å². The zero-order valence-electron chi connectivity index (χ0n) is 12.5. The van der Waals surface area contributed by atoms with Crippen LogP contribution in [0.25, 0.3) is 5.65 Å². The molecule has 1 saturated carbocycles. The van der Waals surface area contributed by atoms with E-state index in [4.69, 9.17) is 0 Å². The third-order valence-electron chi connectivity index (χ3n) is 4.36. The van der Waals surface area contributed by atoms with Crippen LogP contribution in [0.4, 0.5) is 5.82 Å². The van der Waals surface area contributed by atoms with Crippen LogP contribution in [-0.4, -0.2) is 37.1 Å². The highest BCUT2D eigenvalue weighted by molar-refractivity contribution is 8.00. The molecule has 0 spiro atoms. The van der Waals surface area contributed by atoms with Gasteiger partial charge in [-0.15, -0.1) is 0 Å². The lowest BCUT2D eigenvalue weighted by atomic mass is 9.88. The van der Waals surface area contributed by atoms with E-state index < -0.39 is 0 Å². The molecule has 2 N–H and O–H groups in total. The molecule has 7 heteroatoms. The van der Waals surface area contributed by atoms with Crippen molar-refractivity contribution in [3.8, 4) is 0 Å². The first-order valence-electron chi connectivity index (χ1n) is 7.37. The standard InChI is InChI=1S/C14H21N5OS/c1-10-16-11(8-12-17-18-13(20)19(10)12)15-9-14(21-2)6-4-3-5-7-14/h8,15H,3-7,9H2,1-2H3,(H,18,20). The Balaban J connectivity index is 1.80. The lowest BCUT2D eigenvalue weighted by Gasteiger charge is -2.36. The highest BCUT2D eigenvalue weighted by atomic mass is 32.2. The number of fused-ring (bicyclic) bond motifs is 1. The fraction of sp³-hybridized carbons (Fsp3) is 0.643. The molecule has 1 aliphatic rings. The third-order valence-corrected chi connectivity index (χ3v) is 5.78. The summed E-state index contributed by atoms with van der Waals surface area (Å²) < 4.78 is 1.79. The van der Waals surface area contributed by atoms with Gasteiger partial charge in [-0.25, -0.2) is 19.3 Å². The van der Waals surface area contributed by atoms with Gasteiger partial charge in [0, 0.05) is 17.4 Å². The lowest BCUT2D eigenvalue weighted by Crippen LogP contribution is -2.35. The Morgan fingerprint density at radius 2 is 2.19 bits per heavy atom. The molecule has 1 fully saturated rings. The van der Waals surface area contributed by atoms with Crippen molar-refractivity contribution in [3.05, 3.63) is 22.4 Å². The minimum atomic E-state index is -0.241. The van der Waals surface area contributed by atoms with E-state index in [2.05, 4.69) is 26.8 Å². The summed E-state index contributed by atoms with van der Waals surface area (Å²) in [5.74, 6) is 1.44. The number of aryl methyl sites for hydroxylation is 1. The second-order valence-corrected chi connectivity index (χ2v) is 6.99. The number of nitrogens with one attached hydrogen (secondary N) is 2. The average Bonchev–Trinajstić information content (AvgIpc) is 2.88. The number of thioether (sulfide) groups is 1. The summed E-state index contributed by atoms with van der Waals surface area (Å²) in [5, 5.41) is 9.91. The Hall–Kier alpha value is -1.50. The lowest BCUT2D eigenvalue weighted by molar-refractivity contribution is 0.411. The van der Waals surface area contributed by atoms with Gasteiger partial charge in [0.05, 0.1) is 0 Å². The zero-order valence-corrected chi connectivity index (χ0v) is 13.3. The van der Waals surface area contributed by atoms with Gasteiger partial charge in [-0.05, 0) is 26.0 Å². The second kappa shape index (κ2) is 5.71. The van der Waals surface area contributed by atoms with Gasteiger partial charge in [-0.1, -0.05) is 19.3 Å². The molecule has 0 saturated heterocycles. The van der Waals surface area contributed by atoms with Crippen LogP contribution in [0.15, 0.2) is 10.9 Å². The highest BCUT2D eigenvalue weighted by Crippen LogP contribution is 2.38. The molecule has 21 heavy (non-hydrogen) atoms. The number of anilines is 1. The van der Waals surface area contributed by atoms with Crippen LogP contribution in [0.2, 0.25) is 0 Å². The van der Waals surface area contributed by atoms with Crippen molar-refractivity contribution in [3.63, 3.8) is 0 Å². The number of rotatable bonds is 4. The molecule has 0 unspecified atom stereocenters. The average molecular weight is 307 g/mol. The van der Waals surface area contributed by atoms with Gasteiger partial charge < -0.3 is 5.32 Å². The minimum Gasteiger partial charge on any atom is -0.369 e. The molecule has 0 aromatic carbocycles. The van der Waals surface area contributed by atoms with Crippen molar-refractivity contribution in [2.75, 3.05) is 18.1 Å². The Morgan fingerprint density at radius 3 is 2.90 bits per heavy atom. The summed E-state index contributed by atoms with van der Waals surface area (Å²) in [7, 11) is 0. The van der Waals surface area contributed by atoms with Crippen LogP contribution in [0.3, 0.4) is 0 Å². The van der Waals surface area contributed by atoms with Crippen LogP contribution < -0.4 is 11.0 Å². The van der Waals surface area contributed by atoms with E-state index in [1.807, 2.05) is 24.8 Å². The van der Waals surface area contributed by atoms with Crippen molar-refractivity contribution in [2.45, 2.75) is 43.8 Å². The van der Waals surface area contributed by atoms with Crippen LogP contribution in [0, 0.1) is 6.92 Å². The SMILES string of the molecule is CSC1(CNc2cc3n[nH]c(=O)n3c(C)n2)CCCCC1. The maximum Gasteiger partial charge on any atom is 0.349 e. The monoisotopic (exact) mass is 307 g/mol. The Labute approximate surface area is 127 Å². The van der Waals surface area contributed by atoms with E-state index in [0.717, 1.165) is 12.4 Å². The highest BCUT2D eigenvalue weighted by Gasteiger charge is 2.30. The molecule has 114 valence electrons. The number of nitrogens with zero attached hydrogens (tertiary/aromatic N) is 3. The number of H-pyrrole nitrogens is 1. The van der Waals surface area contributed by atoms with Crippen LogP contribution in [-0.2, 0) is 0 Å². The van der Waals surface area contributed by atoms with Crippen molar-refractivity contribution < 1.29 is 0 Å². The number of aromatic nitrogens is 4. The number of hydrogen-bond donors (Lipinski definition) is 2. The molecule has 0 amide bonds. The fourth-order valence-corrected chi connectivity index (χ4v) is 4.00. The van der Waals surface area contributed by atoms with E-state index >= 15 is 0 Å². The molecule has 3 rings (SSSR count). The summed E-state index contributed by atoms with van der Waals surface area (Å²) in [6, 6.07) is 1.82. The molecular weight excluding hydrogens is 286 g/mol. The maximum absolute atomic E-state index is 11.6. The largest absolute Gasteiger partial charge is 0.369 e. The first kappa shape index (κ1) is 14.4. The predicted molar refractivity (Wildman–Crippen MR) is 86.2 cm³/mol. The first-order chi connectivity index (χ1) is 10.1. The first-order valence-corrected chi connectivity index (χ1v) is 8.60. The predicted octanol–water partition coefficient (Wildman–Crippen LogP) is 2.20. The van der Waals surface area contributed by atoms with E-state index in [-0.39, 0.29) is 5.69 Å². The van der Waals surface area contributed by atoms with Crippen molar-refractivity contribution in [1.82, 2.24) is 19.6 Å². The van der Waals surface area contributed by atoms with E-state index in [9.17, 15) is 4.79 Å². The summed E-state index contributed by atoms with van der Waals surface area (Å²) in [4.78, 5) is 16.1. The molecule has 0 atom stereocenters. The van der Waals surface area contributed by atoms with E-state index in [1.54, 1.807) is 0 Å². The molecule has 2 aromatic rings. The van der Waals surface area contributed by atoms with Crippen LogP contribution in [0.1, 0.15) is 37.9 Å². The van der Waals surface area contributed by atoms with Gasteiger partial charge in [-0.3, -0.25) is 0 Å². The van der Waals surface area contributed by atoms with Gasteiger partial charge in [-0.2, -0.15) is 16.9 Å². The number of aromatic amines is 1. The molecule has 0 bridgehead atoms. The van der Waals surface area contributed by atoms with Gasteiger partial charge in [0.2, 0.25) is 0 Å². The number of hydrogen-bond acceptors (Lipinski definition) is 5. The topological polar surface area (TPSA) is 75.1 Å². The van der Waals surface area contributed by atoms with Crippen molar-refractivity contribution in [2.24, 2.45) is 0 Å². The van der Waals surface area contributed by atoms with Crippen LogP contribution >= 0.6 is 11.8 Å². The quantitative estimate of drug-likeness (QED) is 0.906. The Bertz CT molecular complexity index is 686. The van der Waals surface area contributed by atoms with Crippen molar-refractivity contribution in [1.29, 1.82) is 0 Å². The molecule has 2 heterocycles. The molecule has 1 aliphatic carbocycles. The molecular formula is C14H21N5OS. The Morgan fingerprint density at radius 1 is 1.43 bits per heavy atom. The van der Waals surface area contributed by atoms with Crippen molar-refractivity contribution >= 4 is 23.2 Å². The molecule has 0 radical (unpaired) electrons. The smallest absolute Gasteiger partial charge is 0.349 e. The summed E-state index contributed by atoms with van der Waals surface area (Å²) in [6.07, 6.45) is 8.67. The zero-order chi connectivity index (χ0) is 14.9. The fourth-order valence-electron chi connectivity index (χ4n) is 3.09. The molecule has 2 aromatic heterocycles. The molecule has 6 nitrogen and oxygen atoms in total.